The zero-order valence-electron chi connectivity index (χ0n) is 10.8. The zero-order valence-corrected chi connectivity index (χ0v) is 10.8. The van der Waals surface area contributed by atoms with Crippen molar-refractivity contribution >= 4 is 5.82 Å². The average Bonchev–Trinajstić information content (AvgIpc) is 2.83. The first-order chi connectivity index (χ1) is 8.84. The van der Waals surface area contributed by atoms with Crippen LogP contribution < -0.4 is 4.90 Å². The minimum absolute atomic E-state index is 1.07. The van der Waals surface area contributed by atoms with Gasteiger partial charge in [0.05, 0.1) is 5.69 Å². The SMILES string of the molecule is Cn1nc(-c2ccccc2)cc1N1CCCCC1. The summed E-state index contributed by atoms with van der Waals surface area (Å²) < 4.78 is 2.01. The summed E-state index contributed by atoms with van der Waals surface area (Å²) in [5, 5.41) is 4.63. The van der Waals surface area contributed by atoms with Gasteiger partial charge in [-0.25, -0.2) is 0 Å². The first kappa shape index (κ1) is 11.3. The molecule has 0 saturated carbocycles. The van der Waals surface area contributed by atoms with E-state index >= 15 is 0 Å². The van der Waals surface area contributed by atoms with Crippen molar-refractivity contribution in [2.24, 2.45) is 7.05 Å². The maximum atomic E-state index is 4.63. The Morgan fingerprint density at radius 1 is 1.00 bits per heavy atom. The van der Waals surface area contributed by atoms with Crippen LogP contribution in [0.2, 0.25) is 0 Å². The zero-order chi connectivity index (χ0) is 12.4. The second-order valence-electron chi connectivity index (χ2n) is 4.93. The van der Waals surface area contributed by atoms with Gasteiger partial charge in [0.25, 0.3) is 0 Å². The molecule has 0 bridgehead atoms. The van der Waals surface area contributed by atoms with Crippen molar-refractivity contribution in [1.82, 2.24) is 9.78 Å². The van der Waals surface area contributed by atoms with Gasteiger partial charge in [0, 0.05) is 31.8 Å². The van der Waals surface area contributed by atoms with Gasteiger partial charge in [-0.3, -0.25) is 4.68 Å². The summed E-state index contributed by atoms with van der Waals surface area (Å²) in [7, 11) is 2.04. The number of benzene rings is 1. The largest absolute Gasteiger partial charge is 0.357 e. The summed E-state index contributed by atoms with van der Waals surface area (Å²) in [4.78, 5) is 2.45. The molecule has 94 valence electrons. The Labute approximate surface area is 108 Å². The van der Waals surface area contributed by atoms with Crippen LogP contribution in [-0.4, -0.2) is 22.9 Å². The molecule has 0 aliphatic carbocycles. The highest BCUT2D eigenvalue weighted by Gasteiger charge is 2.16. The van der Waals surface area contributed by atoms with Crippen LogP contribution in [-0.2, 0) is 7.05 Å². The Bertz CT molecular complexity index is 510. The first-order valence-electron chi connectivity index (χ1n) is 6.69. The summed E-state index contributed by atoms with van der Waals surface area (Å²) in [6.07, 6.45) is 3.96. The molecule has 0 atom stereocenters. The Morgan fingerprint density at radius 3 is 2.44 bits per heavy atom. The maximum Gasteiger partial charge on any atom is 0.127 e. The molecule has 1 fully saturated rings. The Balaban J connectivity index is 1.91. The number of aryl methyl sites for hydroxylation is 1. The summed E-state index contributed by atoms with van der Waals surface area (Å²) in [5.41, 5.74) is 2.26. The lowest BCUT2D eigenvalue weighted by Crippen LogP contribution is -2.30. The Hall–Kier alpha value is -1.77. The fraction of sp³-hybridized carbons (Fsp3) is 0.400. The van der Waals surface area contributed by atoms with Crippen LogP contribution >= 0.6 is 0 Å². The van der Waals surface area contributed by atoms with Crippen LogP contribution in [0.3, 0.4) is 0 Å². The molecule has 2 aromatic rings. The van der Waals surface area contributed by atoms with E-state index < -0.39 is 0 Å². The average molecular weight is 241 g/mol. The number of aromatic nitrogens is 2. The second-order valence-corrected chi connectivity index (χ2v) is 4.93. The van der Waals surface area contributed by atoms with E-state index in [1.165, 1.54) is 30.6 Å². The van der Waals surface area contributed by atoms with Crippen LogP contribution in [0.15, 0.2) is 36.4 Å². The van der Waals surface area contributed by atoms with Gasteiger partial charge in [-0.2, -0.15) is 5.10 Å². The second kappa shape index (κ2) is 4.84. The first-order valence-corrected chi connectivity index (χ1v) is 6.69. The van der Waals surface area contributed by atoms with Gasteiger partial charge in [0.1, 0.15) is 5.82 Å². The molecule has 0 spiro atoms. The lowest BCUT2D eigenvalue weighted by atomic mass is 10.1. The smallest absolute Gasteiger partial charge is 0.127 e. The highest BCUT2D eigenvalue weighted by molar-refractivity contribution is 5.63. The van der Waals surface area contributed by atoms with E-state index in [-0.39, 0.29) is 0 Å². The monoisotopic (exact) mass is 241 g/mol. The fourth-order valence-corrected chi connectivity index (χ4v) is 2.63. The van der Waals surface area contributed by atoms with E-state index in [1.54, 1.807) is 0 Å². The van der Waals surface area contributed by atoms with Gasteiger partial charge >= 0.3 is 0 Å². The number of rotatable bonds is 2. The van der Waals surface area contributed by atoms with Crippen LogP contribution in [0, 0.1) is 0 Å². The molecule has 1 aromatic carbocycles. The number of piperidine rings is 1. The summed E-state index contributed by atoms with van der Waals surface area (Å²) in [6, 6.07) is 12.6. The third-order valence-electron chi connectivity index (χ3n) is 3.60. The highest BCUT2D eigenvalue weighted by atomic mass is 15.4. The van der Waals surface area contributed by atoms with Crippen molar-refractivity contribution in [2.75, 3.05) is 18.0 Å². The summed E-state index contributed by atoms with van der Waals surface area (Å²) in [5.74, 6) is 1.24. The molecule has 18 heavy (non-hydrogen) atoms. The molecule has 3 heteroatoms. The van der Waals surface area contributed by atoms with Crippen molar-refractivity contribution in [3.05, 3.63) is 36.4 Å². The molecule has 0 unspecified atom stereocenters. The van der Waals surface area contributed by atoms with Gasteiger partial charge < -0.3 is 4.90 Å². The molecule has 1 saturated heterocycles. The van der Waals surface area contributed by atoms with Crippen LogP contribution in [0.1, 0.15) is 19.3 Å². The quantitative estimate of drug-likeness (QED) is 0.805. The molecule has 3 rings (SSSR count). The normalized spacial score (nSPS) is 15.9. The minimum atomic E-state index is 1.07. The van der Waals surface area contributed by atoms with E-state index in [0.29, 0.717) is 0 Å². The fourth-order valence-electron chi connectivity index (χ4n) is 2.63. The molecular formula is C15H19N3. The highest BCUT2D eigenvalue weighted by Crippen LogP contribution is 2.25. The molecule has 2 heterocycles. The van der Waals surface area contributed by atoms with Crippen molar-refractivity contribution in [3.63, 3.8) is 0 Å². The van der Waals surface area contributed by atoms with Gasteiger partial charge in [-0.15, -0.1) is 0 Å². The molecule has 1 aliphatic heterocycles. The van der Waals surface area contributed by atoms with E-state index in [2.05, 4.69) is 40.3 Å². The topological polar surface area (TPSA) is 21.1 Å². The molecule has 0 radical (unpaired) electrons. The number of hydrogen-bond donors (Lipinski definition) is 0. The van der Waals surface area contributed by atoms with Gasteiger partial charge in [0.15, 0.2) is 0 Å². The molecule has 1 aliphatic rings. The third-order valence-corrected chi connectivity index (χ3v) is 3.60. The molecule has 1 aromatic heterocycles. The maximum absolute atomic E-state index is 4.63. The predicted molar refractivity (Wildman–Crippen MR) is 74.7 cm³/mol. The van der Waals surface area contributed by atoms with Crippen LogP contribution in [0.5, 0.6) is 0 Å². The standard InChI is InChI=1S/C15H19N3/c1-17-15(18-10-6-3-7-11-18)12-14(16-17)13-8-4-2-5-9-13/h2,4-5,8-9,12H,3,6-7,10-11H2,1H3. The number of hydrogen-bond acceptors (Lipinski definition) is 2. The lowest BCUT2D eigenvalue weighted by molar-refractivity contribution is 0.561. The lowest BCUT2D eigenvalue weighted by Gasteiger charge is -2.28. The van der Waals surface area contributed by atoms with Crippen LogP contribution in [0.25, 0.3) is 11.3 Å². The van der Waals surface area contributed by atoms with E-state index in [9.17, 15) is 0 Å². The van der Waals surface area contributed by atoms with E-state index in [0.717, 1.165) is 18.8 Å². The van der Waals surface area contributed by atoms with E-state index in [1.807, 2.05) is 17.8 Å². The number of anilines is 1. The Morgan fingerprint density at radius 2 is 1.72 bits per heavy atom. The molecule has 3 nitrogen and oxygen atoms in total. The van der Waals surface area contributed by atoms with Crippen molar-refractivity contribution in [1.29, 1.82) is 0 Å². The minimum Gasteiger partial charge on any atom is -0.357 e. The van der Waals surface area contributed by atoms with Gasteiger partial charge in [-0.05, 0) is 19.3 Å². The van der Waals surface area contributed by atoms with Crippen LogP contribution in [0.4, 0.5) is 5.82 Å². The van der Waals surface area contributed by atoms with Crippen molar-refractivity contribution < 1.29 is 0 Å². The molecule has 0 N–H and O–H groups in total. The van der Waals surface area contributed by atoms with Gasteiger partial charge in [-0.1, -0.05) is 30.3 Å². The molecular weight excluding hydrogens is 222 g/mol. The summed E-state index contributed by atoms with van der Waals surface area (Å²) >= 11 is 0. The molecule has 0 amide bonds. The van der Waals surface area contributed by atoms with E-state index in [4.69, 9.17) is 0 Å². The number of nitrogens with zero attached hydrogens (tertiary/aromatic N) is 3. The third kappa shape index (κ3) is 2.13. The summed E-state index contributed by atoms with van der Waals surface area (Å²) in [6.45, 7) is 2.32. The predicted octanol–water partition coefficient (Wildman–Crippen LogP) is 3.08. The van der Waals surface area contributed by atoms with Crippen molar-refractivity contribution in [3.8, 4) is 11.3 Å². The van der Waals surface area contributed by atoms with Crippen molar-refractivity contribution in [2.45, 2.75) is 19.3 Å². The Kier molecular flexibility index (Phi) is 3.05. The van der Waals surface area contributed by atoms with Gasteiger partial charge in [0.2, 0.25) is 0 Å².